The molecule has 0 radical (unpaired) electrons. The summed E-state index contributed by atoms with van der Waals surface area (Å²) in [7, 11) is 0. The van der Waals surface area contributed by atoms with Crippen molar-refractivity contribution in [2.24, 2.45) is 0 Å². The van der Waals surface area contributed by atoms with Crippen molar-refractivity contribution in [2.45, 2.75) is 0 Å². The van der Waals surface area contributed by atoms with Crippen LogP contribution in [0, 0.1) is 22.7 Å². The molecule has 0 aliphatic carbocycles. The van der Waals surface area contributed by atoms with Crippen LogP contribution in [0.1, 0.15) is 0 Å². The standard InChI is InChI=1S/C6H4Br2.C2N2/c7-5-2-1-3-6(8)4-5;3-1-2-4/h1-4H;. The first kappa shape index (κ1) is 11.2. The fraction of sp³-hybridized carbons (Fsp3) is 0. The fourth-order valence-corrected chi connectivity index (χ4v) is 1.57. The number of nitrogens with zero attached hydrogens (tertiary/aromatic N) is 2. The molecule has 4 heteroatoms. The highest BCUT2D eigenvalue weighted by atomic mass is 79.9. The monoisotopic (exact) mass is 286 g/mol. The molecule has 0 N–H and O–H groups in total. The van der Waals surface area contributed by atoms with Crippen molar-refractivity contribution >= 4 is 31.9 Å². The first-order chi connectivity index (χ1) is 5.70. The van der Waals surface area contributed by atoms with E-state index in [4.69, 9.17) is 10.5 Å². The zero-order valence-corrected chi connectivity index (χ0v) is 9.13. The molecule has 0 bridgehead atoms. The zero-order valence-electron chi connectivity index (χ0n) is 5.96. The Kier molecular flexibility index (Phi) is 6.37. The minimum atomic E-state index is 1.10. The quantitative estimate of drug-likeness (QED) is 0.735. The van der Waals surface area contributed by atoms with Gasteiger partial charge in [-0.2, -0.15) is 10.5 Å². The summed E-state index contributed by atoms with van der Waals surface area (Å²) in [5.41, 5.74) is 0. The van der Waals surface area contributed by atoms with Gasteiger partial charge in [-0.05, 0) is 18.2 Å². The molecule has 0 heterocycles. The highest BCUT2D eigenvalue weighted by molar-refractivity contribution is 9.11. The summed E-state index contributed by atoms with van der Waals surface area (Å²) in [6.45, 7) is 0. The van der Waals surface area contributed by atoms with Gasteiger partial charge in [0.2, 0.25) is 0 Å². The van der Waals surface area contributed by atoms with Gasteiger partial charge in [0.25, 0.3) is 0 Å². The van der Waals surface area contributed by atoms with Gasteiger partial charge in [0.15, 0.2) is 12.1 Å². The maximum absolute atomic E-state index is 7.26. The van der Waals surface area contributed by atoms with Crippen LogP contribution in [0.2, 0.25) is 0 Å². The average molecular weight is 288 g/mol. The third-order valence-corrected chi connectivity index (χ3v) is 1.82. The van der Waals surface area contributed by atoms with Gasteiger partial charge >= 0.3 is 0 Å². The highest BCUT2D eigenvalue weighted by Gasteiger charge is 1.84. The number of nitriles is 2. The van der Waals surface area contributed by atoms with Crippen LogP contribution in [0.5, 0.6) is 0 Å². The number of hydrogen-bond acceptors (Lipinski definition) is 2. The second kappa shape index (κ2) is 6.84. The SMILES string of the molecule is Brc1cccc(Br)c1.N#CC#N. The Bertz CT molecular complexity index is 293. The van der Waals surface area contributed by atoms with E-state index in [9.17, 15) is 0 Å². The van der Waals surface area contributed by atoms with Gasteiger partial charge in [0.05, 0.1) is 0 Å². The van der Waals surface area contributed by atoms with Gasteiger partial charge in [-0.3, -0.25) is 0 Å². The summed E-state index contributed by atoms with van der Waals surface area (Å²) in [5.74, 6) is 0. The lowest BCUT2D eigenvalue weighted by Gasteiger charge is -1.87. The van der Waals surface area contributed by atoms with Gasteiger partial charge in [0, 0.05) is 8.95 Å². The Labute approximate surface area is 87.7 Å². The Hall–Kier alpha value is -0.840. The van der Waals surface area contributed by atoms with Crippen molar-refractivity contribution in [3.05, 3.63) is 33.2 Å². The van der Waals surface area contributed by atoms with E-state index >= 15 is 0 Å². The number of benzene rings is 1. The van der Waals surface area contributed by atoms with Crippen molar-refractivity contribution in [3.63, 3.8) is 0 Å². The van der Waals surface area contributed by atoms with E-state index in [0.29, 0.717) is 0 Å². The fourth-order valence-electron chi connectivity index (χ4n) is 0.460. The summed E-state index contributed by atoms with van der Waals surface area (Å²) in [5, 5.41) is 14.5. The smallest absolute Gasteiger partial charge is 0.181 e. The van der Waals surface area contributed by atoms with Gasteiger partial charge in [-0.25, -0.2) is 0 Å². The second-order valence-corrected chi connectivity index (χ2v) is 3.49. The van der Waals surface area contributed by atoms with E-state index in [2.05, 4.69) is 31.9 Å². The van der Waals surface area contributed by atoms with Crippen LogP contribution in [-0.4, -0.2) is 0 Å². The molecule has 0 aliphatic heterocycles. The van der Waals surface area contributed by atoms with Crippen LogP contribution in [-0.2, 0) is 0 Å². The summed E-state index contributed by atoms with van der Waals surface area (Å²) < 4.78 is 2.21. The topological polar surface area (TPSA) is 47.6 Å². The van der Waals surface area contributed by atoms with E-state index in [1.54, 1.807) is 0 Å². The number of hydrogen-bond donors (Lipinski definition) is 0. The normalized spacial score (nSPS) is 7.00. The number of rotatable bonds is 0. The molecular formula is C8H4Br2N2. The highest BCUT2D eigenvalue weighted by Crippen LogP contribution is 2.15. The van der Waals surface area contributed by atoms with Crippen molar-refractivity contribution in [1.82, 2.24) is 0 Å². The van der Waals surface area contributed by atoms with Crippen LogP contribution in [0.15, 0.2) is 33.2 Å². The molecule has 0 aromatic heterocycles. The van der Waals surface area contributed by atoms with Crippen molar-refractivity contribution in [2.75, 3.05) is 0 Å². The Balaban J connectivity index is 0.000000261. The van der Waals surface area contributed by atoms with Crippen molar-refractivity contribution in [3.8, 4) is 12.1 Å². The van der Waals surface area contributed by atoms with Crippen LogP contribution in [0.4, 0.5) is 0 Å². The Morgan fingerprint density at radius 3 is 1.58 bits per heavy atom. The molecule has 0 atom stereocenters. The third-order valence-electron chi connectivity index (χ3n) is 0.837. The van der Waals surface area contributed by atoms with Crippen molar-refractivity contribution < 1.29 is 0 Å². The molecule has 0 saturated heterocycles. The molecule has 1 rings (SSSR count). The van der Waals surface area contributed by atoms with E-state index in [0.717, 1.165) is 8.95 Å². The number of halogens is 2. The molecular weight excluding hydrogens is 284 g/mol. The second-order valence-electron chi connectivity index (χ2n) is 1.66. The molecule has 0 amide bonds. The zero-order chi connectivity index (χ0) is 9.40. The first-order valence-corrected chi connectivity index (χ1v) is 4.48. The molecule has 0 spiro atoms. The average Bonchev–Trinajstić information content (AvgIpc) is 2.04. The molecule has 2 nitrogen and oxygen atoms in total. The summed E-state index contributed by atoms with van der Waals surface area (Å²) >= 11 is 6.66. The predicted molar refractivity (Wildman–Crippen MR) is 53.1 cm³/mol. The van der Waals surface area contributed by atoms with Gasteiger partial charge in [-0.1, -0.05) is 37.9 Å². The van der Waals surface area contributed by atoms with Crippen LogP contribution < -0.4 is 0 Å². The molecule has 0 saturated carbocycles. The summed E-state index contributed by atoms with van der Waals surface area (Å²) in [6.07, 6.45) is 0. The Morgan fingerprint density at radius 1 is 1.00 bits per heavy atom. The van der Waals surface area contributed by atoms with Crippen LogP contribution in [0.3, 0.4) is 0 Å². The lowest BCUT2D eigenvalue weighted by atomic mass is 10.4. The Morgan fingerprint density at radius 2 is 1.42 bits per heavy atom. The van der Waals surface area contributed by atoms with Crippen molar-refractivity contribution in [1.29, 1.82) is 10.5 Å². The minimum absolute atomic E-state index is 1.10. The van der Waals surface area contributed by atoms with E-state index in [1.807, 2.05) is 24.3 Å². The van der Waals surface area contributed by atoms with Crippen LogP contribution >= 0.6 is 31.9 Å². The predicted octanol–water partition coefficient (Wildman–Crippen LogP) is 3.25. The minimum Gasteiger partial charge on any atom is -0.181 e. The lowest BCUT2D eigenvalue weighted by molar-refractivity contribution is 1.49. The molecule has 1 aromatic carbocycles. The summed E-state index contributed by atoms with van der Waals surface area (Å²) in [4.78, 5) is 0. The van der Waals surface area contributed by atoms with Gasteiger partial charge in [-0.15, -0.1) is 0 Å². The molecule has 1 aromatic rings. The van der Waals surface area contributed by atoms with E-state index in [1.165, 1.54) is 12.1 Å². The van der Waals surface area contributed by atoms with Crippen LogP contribution in [0.25, 0.3) is 0 Å². The van der Waals surface area contributed by atoms with E-state index in [-0.39, 0.29) is 0 Å². The maximum atomic E-state index is 7.26. The van der Waals surface area contributed by atoms with E-state index < -0.39 is 0 Å². The first-order valence-electron chi connectivity index (χ1n) is 2.90. The molecule has 12 heavy (non-hydrogen) atoms. The van der Waals surface area contributed by atoms with Gasteiger partial charge < -0.3 is 0 Å². The molecule has 60 valence electrons. The third kappa shape index (κ3) is 5.91. The largest absolute Gasteiger partial charge is 0.181 e. The van der Waals surface area contributed by atoms with Gasteiger partial charge in [0.1, 0.15) is 0 Å². The molecule has 0 fully saturated rings. The summed E-state index contributed by atoms with van der Waals surface area (Å²) in [6, 6.07) is 10.4. The molecule has 0 aliphatic rings. The lowest BCUT2D eigenvalue weighted by Crippen LogP contribution is -1.61. The molecule has 0 unspecified atom stereocenters. The maximum Gasteiger partial charge on any atom is 0.181 e.